The zero-order valence-electron chi connectivity index (χ0n) is 53.7. The first kappa shape index (κ1) is 78.7. The Morgan fingerprint density at radius 3 is 1.06 bits per heavy atom. The summed E-state index contributed by atoms with van der Waals surface area (Å²) in [6.45, 7) is 15.3. The van der Waals surface area contributed by atoms with E-state index in [1.165, 1.54) is 161 Å². The maximum atomic E-state index is 12.1. The van der Waals surface area contributed by atoms with Gasteiger partial charge in [-0.05, 0) is 50.7 Å². The van der Waals surface area contributed by atoms with Crippen molar-refractivity contribution in [1.29, 1.82) is 0 Å². The molecule has 0 saturated heterocycles. The molecule has 0 saturated carbocycles. The fourth-order valence-corrected chi connectivity index (χ4v) is 9.75. The van der Waals surface area contributed by atoms with Crippen LogP contribution in [0.25, 0.3) is 0 Å². The number of unbranched alkanes of at least 4 members (excludes halogenated alkanes) is 32. The first-order valence-corrected chi connectivity index (χ1v) is 34.3. The molecular weight excluding hydrogens is 1050 g/mol. The Labute approximate surface area is 508 Å². The van der Waals surface area contributed by atoms with Crippen molar-refractivity contribution < 1.29 is 67.0 Å². The van der Waals surface area contributed by atoms with E-state index in [4.69, 9.17) is 62.7 Å². The number of carbonyl (C=O) groups excluding carboxylic acids is 1. The molecule has 15 heteroatoms. The molecule has 0 heterocycles. The summed E-state index contributed by atoms with van der Waals surface area (Å²) in [5.41, 5.74) is 6.77. The average molecular weight is 1180 g/mol. The molecule has 1 atom stereocenters. The van der Waals surface area contributed by atoms with Crippen LogP contribution < -0.4 is 15.2 Å². The topological polar surface area (TPSA) is 174 Å². The lowest BCUT2D eigenvalue weighted by Crippen LogP contribution is -2.16. The third kappa shape index (κ3) is 59.8. The van der Waals surface area contributed by atoms with Gasteiger partial charge < -0.3 is 57.8 Å². The minimum Gasteiger partial charge on any atom is -0.490 e. The van der Waals surface area contributed by atoms with Crippen LogP contribution in [0.5, 0.6) is 11.5 Å². The normalized spacial score (nSPS) is 11.9. The molecule has 15 nitrogen and oxygen atoms in total. The summed E-state index contributed by atoms with van der Waals surface area (Å²) < 4.78 is 62.6. The van der Waals surface area contributed by atoms with Crippen LogP contribution in [0.4, 0.5) is 5.69 Å². The maximum absolute atomic E-state index is 12.1. The number of hydrogen-bond acceptors (Lipinski definition) is 15. The van der Waals surface area contributed by atoms with E-state index in [-0.39, 0.29) is 18.7 Å². The summed E-state index contributed by atoms with van der Waals surface area (Å²) in [6.07, 6.45) is 46.2. The van der Waals surface area contributed by atoms with Crippen LogP contribution in [0.3, 0.4) is 0 Å². The molecule has 0 radical (unpaired) electrons. The van der Waals surface area contributed by atoms with Gasteiger partial charge in [-0.15, -0.1) is 0 Å². The minimum atomic E-state index is -0.194. The summed E-state index contributed by atoms with van der Waals surface area (Å²) in [5, 5.41) is 9.38. The van der Waals surface area contributed by atoms with Crippen molar-refractivity contribution in [2.24, 2.45) is 0 Å². The molecular formula is C68H129NO14. The highest BCUT2D eigenvalue weighted by molar-refractivity contribution is 5.69. The molecule has 0 aliphatic carbocycles. The molecule has 0 amide bonds. The summed E-state index contributed by atoms with van der Waals surface area (Å²) >= 11 is 0. The Balaban J connectivity index is 1.85. The predicted molar refractivity (Wildman–Crippen MR) is 338 cm³/mol. The van der Waals surface area contributed by atoms with Gasteiger partial charge in [0.25, 0.3) is 0 Å². The van der Waals surface area contributed by atoms with E-state index in [0.29, 0.717) is 124 Å². The number of benzene rings is 1. The molecule has 3 N–H and O–H groups in total. The molecule has 0 fully saturated rings. The Bertz CT molecular complexity index is 1430. The molecule has 0 aliphatic rings. The molecule has 0 aliphatic heterocycles. The van der Waals surface area contributed by atoms with E-state index in [1.807, 2.05) is 18.2 Å². The molecule has 1 unspecified atom stereocenters. The van der Waals surface area contributed by atoms with Crippen LogP contribution >= 0.6 is 0 Å². The highest BCUT2D eigenvalue weighted by atomic mass is 17.1. The number of carbonyl (C=O) groups is 1. The number of nitrogen functional groups attached to an aromatic ring is 1. The first-order valence-electron chi connectivity index (χ1n) is 34.3. The molecule has 83 heavy (non-hydrogen) atoms. The monoisotopic (exact) mass is 1180 g/mol. The lowest BCUT2D eigenvalue weighted by atomic mass is 10.0. The third-order valence-corrected chi connectivity index (χ3v) is 14.9. The van der Waals surface area contributed by atoms with Crippen molar-refractivity contribution in [1.82, 2.24) is 0 Å². The van der Waals surface area contributed by atoms with E-state index in [0.717, 1.165) is 102 Å². The number of anilines is 1. The Morgan fingerprint density at radius 1 is 0.349 bits per heavy atom. The summed E-state index contributed by atoms with van der Waals surface area (Å²) in [7, 11) is 0. The average Bonchev–Trinajstić information content (AvgIpc) is 3.52. The van der Waals surface area contributed by atoms with Crippen molar-refractivity contribution >= 4 is 11.7 Å². The van der Waals surface area contributed by atoms with Crippen molar-refractivity contribution in [3.63, 3.8) is 0 Å². The van der Waals surface area contributed by atoms with E-state index in [9.17, 15) is 10.1 Å². The molecule has 1 rings (SSSR count). The van der Waals surface area contributed by atoms with E-state index in [1.54, 1.807) is 0 Å². The van der Waals surface area contributed by atoms with Crippen LogP contribution in [-0.4, -0.2) is 143 Å². The second-order valence-corrected chi connectivity index (χ2v) is 22.6. The van der Waals surface area contributed by atoms with Crippen LogP contribution in [0.15, 0.2) is 18.2 Å². The zero-order valence-corrected chi connectivity index (χ0v) is 53.7. The SMILES string of the molecule is CCCCCCCCCCCCOCCOCCOCCOCCOC(=O)CCCCCCCCCCOc1ccc(N)cc1OCCCCCCCCCCC(CCOCCOCCOCCOCCCCCCCCCCCC)OO. The van der Waals surface area contributed by atoms with Crippen molar-refractivity contribution in [3.05, 3.63) is 18.2 Å². The molecule has 0 spiro atoms. The quantitative estimate of drug-likeness (QED) is 0.0207. The molecule has 0 bridgehead atoms. The summed E-state index contributed by atoms with van der Waals surface area (Å²) in [5.74, 6) is 1.33. The smallest absolute Gasteiger partial charge is 0.305 e. The number of esters is 1. The Morgan fingerprint density at radius 2 is 0.663 bits per heavy atom. The van der Waals surface area contributed by atoms with Gasteiger partial charge in [0.15, 0.2) is 11.5 Å². The van der Waals surface area contributed by atoms with Gasteiger partial charge in [0.2, 0.25) is 0 Å². The molecule has 490 valence electrons. The highest BCUT2D eigenvalue weighted by Gasteiger charge is 2.10. The lowest BCUT2D eigenvalue weighted by Gasteiger charge is -2.14. The Hall–Kier alpha value is -2.31. The summed E-state index contributed by atoms with van der Waals surface area (Å²) in [4.78, 5) is 16.8. The van der Waals surface area contributed by atoms with Gasteiger partial charge in [0.05, 0.1) is 105 Å². The zero-order chi connectivity index (χ0) is 59.5. The predicted octanol–water partition coefficient (Wildman–Crippen LogP) is 16.8. The number of ether oxygens (including phenoxy) is 11. The molecule has 1 aromatic carbocycles. The minimum absolute atomic E-state index is 0.153. The van der Waals surface area contributed by atoms with E-state index >= 15 is 0 Å². The standard InChI is InChI=1S/C68H129NO14/c1-3-5-7-9-11-13-17-23-29-35-44-72-49-52-75-55-57-77-54-51-74-48-43-65(83-71)39-33-27-21-15-19-26-32-38-47-81-67-63-64(69)41-42-66(67)80-46-37-31-25-20-16-22-28-34-40-68(70)82-62-61-79-60-59-78-58-56-76-53-50-73-45-36-30-24-18-14-12-10-8-6-4-2/h41-42,63,65,71H,3-40,43-62,69H2,1-2H3. The van der Waals surface area contributed by atoms with Crippen LogP contribution in [-0.2, 0) is 52.3 Å². The van der Waals surface area contributed by atoms with Gasteiger partial charge in [-0.1, -0.05) is 213 Å². The van der Waals surface area contributed by atoms with Gasteiger partial charge in [0.1, 0.15) is 6.61 Å². The highest BCUT2D eigenvalue weighted by Crippen LogP contribution is 2.30. The van der Waals surface area contributed by atoms with Crippen molar-refractivity contribution in [2.75, 3.05) is 131 Å². The third-order valence-electron chi connectivity index (χ3n) is 14.9. The van der Waals surface area contributed by atoms with Gasteiger partial charge >= 0.3 is 5.97 Å². The number of hydrogen-bond donors (Lipinski definition) is 2. The fraction of sp³-hybridized carbons (Fsp3) is 0.897. The van der Waals surface area contributed by atoms with Crippen LogP contribution in [0.1, 0.15) is 264 Å². The number of rotatable bonds is 71. The van der Waals surface area contributed by atoms with Crippen molar-refractivity contribution in [3.8, 4) is 11.5 Å². The summed E-state index contributed by atoms with van der Waals surface area (Å²) in [6, 6.07) is 5.64. The van der Waals surface area contributed by atoms with Crippen molar-refractivity contribution in [2.45, 2.75) is 270 Å². The second-order valence-electron chi connectivity index (χ2n) is 22.6. The largest absolute Gasteiger partial charge is 0.490 e. The second kappa shape index (κ2) is 67.2. The van der Waals surface area contributed by atoms with Gasteiger partial charge in [-0.25, -0.2) is 4.89 Å². The number of nitrogens with two attached hydrogens (primary N) is 1. The van der Waals surface area contributed by atoms with E-state index in [2.05, 4.69) is 13.8 Å². The first-order chi connectivity index (χ1) is 41.1. The Kier molecular flexibility index (Phi) is 63.7. The van der Waals surface area contributed by atoms with E-state index < -0.39 is 0 Å². The maximum Gasteiger partial charge on any atom is 0.305 e. The van der Waals surface area contributed by atoms with Gasteiger partial charge in [0, 0.05) is 44.4 Å². The van der Waals surface area contributed by atoms with Gasteiger partial charge in [-0.2, -0.15) is 0 Å². The van der Waals surface area contributed by atoms with Gasteiger partial charge in [-0.3, -0.25) is 10.1 Å². The lowest BCUT2D eigenvalue weighted by molar-refractivity contribution is -0.282. The van der Waals surface area contributed by atoms with Crippen LogP contribution in [0.2, 0.25) is 0 Å². The fourth-order valence-electron chi connectivity index (χ4n) is 9.75. The molecule has 0 aromatic heterocycles. The van der Waals surface area contributed by atoms with Crippen LogP contribution in [0, 0.1) is 0 Å². The molecule has 1 aromatic rings.